The van der Waals surface area contributed by atoms with Gasteiger partial charge in [-0.05, 0) is 22.4 Å². The zero-order valence-corrected chi connectivity index (χ0v) is 14.7. The lowest BCUT2D eigenvalue weighted by atomic mass is 10.0. The molecule has 5 rings (SSSR count). The van der Waals surface area contributed by atoms with Gasteiger partial charge in [-0.1, -0.05) is 42.5 Å². The summed E-state index contributed by atoms with van der Waals surface area (Å²) in [5.74, 6) is 0.425. The number of aromatic nitrogens is 6. The molecule has 5 aromatic rings. The highest BCUT2D eigenvalue weighted by Crippen LogP contribution is 2.19. The molecule has 0 atom stereocenters. The molecule has 1 amide bonds. The minimum atomic E-state index is -0.430. The molecule has 136 valence electrons. The Balaban J connectivity index is 1.35. The summed E-state index contributed by atoms with van der Waals surface area (Å²) < 4.78 is 3.24. The molecule has 0 aliphatic rings. The molecular weight excluding hydrogens is 354 g/mol. The molecule has 28 heavy (non-hydrogen) atoms. The lowest BCUT2D eigenvalue weighted by Crippen LogP contribution is -2.14. The molecule has 3 aromatic heterocycles. The summed E-state index contributed by atoms with van der Waals surface area (Å²) in [6.07, 6.45) is 5.11. The van der Waals surface area contributed by atoms with Gasteiger partial charge < -0.3 is 5.32 Å². The molecule has 3 heterocycles. The second-order valence-corrected chi connectivity index (χ2v) is 6.29. The number of carbonyl (C=O) groups is 1. The van der Waals surface area contributed by atoms with Crippen molar-refractivity contribution in [3.05, 3.63) is 84.6 Å². The second-order valence-electron chi connectivity index (χ2n) is 6.29. The molecule has 0 unspecified atom stereocenters. The molecular formula is C20H15N7O. The zero-order valence-electron chi connectivity index (χ0n) is 14.7. The average molecular weight is 369 g/mol. The Morgan fingerprint density at radius 1 is 0.964 bits per heavy atom. The van der Waals surface area contributed by atoms with Crippen LogP contribution in [0.3, 0.4) is 0 Å². The summed E-state index contributed by atoms with van der Waals surface area (Å²) in [6, 6.07) is 17.9. The monoisotopic (exact) mass is 369 g/mol. The summed E-state index contributed by atoms with van der Waals surface area (Å²) >= 11 is 0. The number of anilines is 1. The summed E-state index contributed by atoms with van der Waals surface area (Å²) in [4.78, 5) is 20.6. The second kappa shape index (κ2) is 6.58. The quantitative estimate of drug-likeness (QED) is 0.526. The first-order valence-corrected chi connectivity index (χ1v) is 8.75. The summed E-state index contributed by atoms with van der Waals surface area (Å²) in [7, 11) is 0. The van der Waals surface area contributed by atoms with Gasteiger partial charge in [-0.3, -0.25) is 9.48 Å². The number of rotatable bonds is 4. The highest BCUT2D eigenvalue weighted by Gasteiger charge is 2.14. The van der Waals surface area contributed by atoms with E-state index >= 15 is 0 Å². The molecule has 0 saturated carbocycles. The Morgan fingerprint density at radius 3 is 2.79 bits per heavy atom. The van der Waals surface area contributed by atoms with E-state index in [1.54, 1.807) is 29.2 Å². The van der Waals surface area contributed by atoms with Crippen molar-refractivity contribution in [1.29, 1.82) is 0 Å². The van der Waals surface area contributed by atoms with Gasteiger partial charge in [-0.25, -0.2) is 9.50 Å². The molecule has 2 aromatic carbocycles. The van der Waals surface area contributed by atoms with Crippen molar-refractivity contribution in [3.63, 3.8) is 0 Å². The molecule has 0 bridgehead atoms. The van der Waals surface area contributed by atoms with Gasteiger partial charge in [-0.15, -0.1) is 5.10 Å². The smallest absolute Gasteiger partial charge is 0.296 e. The van der Waals surface area contributed by atoms with Crippen LogP contribution in [-0.4, -0.2) is 35.3 Å². The topological polar surface area (TPSA) is 90.0 Å². The third kappa shape index (κ3) is 2.96. The van der Waals surface area contributed by atoms with E-state index in [0.717, 1.165) is 5.56 Å². The average Bonchev–Trinajstić information content (AvgIpc) is 3.35. The van der Waals surface area contributed by atoms with Gasteiger partial charge in [-0.2, -0.15) is 10.1 Å². The third-order valence-corrected chi connectivity index (χ3v) is 4.41. The number of amides is 1. The van der Waals surface area contributed by atoms with E-state index in [9.17, 15) is 4.79 Å². The van der Waals surface area contributed by atoms with E-state index in [1.807, 2.05) is 24.4 Å². The van der Waals surface area contributed by atoms with Crippen molar-refractivity contribution in [2.45, 2.75) is 6.54 Å². The Bertz CT molecular complexity index is 1270. The number of fused-ring (bicyclic) bond motifs is 2. The molecule has 0 spiro atoms. The van der Waals surface area contributed by atoms with Crippen molar-refractivity contribution in [1.82, 2.24) is 29.4 Å². The number of hydrogen-bond donors (Lipinski definition) is 1. The number of hydrogen-bond acceptors (Lipinski definition) is 5. The van der Waals surface area contributed by atoms with E-state index in [-0.39, 0.29) is 5.82 Å². The first kappa shape index (κ1) is 16.1. The fourth-order valence-electron chi connectivity index (χ4n) is 3.12. The van der Waals surface area contributed by atoms with Crippen molar-refractivity contribution in [2.75, 3.05) is 5.32 Å². The van der Waals surface area contributed by atoms with Gasteiger partial charge in [0.25, 0.3) is 11.7 Å². The lowest BCUT2D eigenvalue weighted by Gasteiger charge is -2.06. The number of benzene rings is 2. The Hall–Kier alpha value is -4.07. The minimum absolute atomic E-state index is 0.0438. The summed E-state index contributed by atoms with van der Waals surface area (Å²) in [6.45, 7) is 0.605. The van der Waals surface area contributed by atoms with Crippen LogP contribution in [0, 0.1) is 0 Å². The maximum Gasteiger partial charge on any atom is 0.296 e. The molecule has 0 saturated heterocycles. The number of nitrogens with one attached hydrogen (secondary N) is 1. The van der Waals surface area contributed by atoms with Gasteiger partial charge in [0, 0.05) is 24.7 Å². The van der Waals surface area contributed by atoms with Crippen LogP contribution in [0.1, 0.15) is 16.2 Å². The fraction of sp³-hybridized carbons (Fsp3) is 0.0500. The minimum Gasteiger partial charge on any atom is -0.302 e. The van der Waals surface area contributed by atoms with Gasteiger partial charge in [0.15, 0.2) is 5.82 Å². The lowest BCUT2D eigenvalue weighted by molar-refractivity contribution is 0.101. The van der Waals surface area contributed by atoms with E-state index in [0.29, 0.717) is 18.1 Å². The van der Waals surface area contributed by atoms with Crippen LogP contribution in [0.5, 0.6) is 0 Å². The van der Waals surface area contributed by atoms with Crippen LogP contribution in [0.15, 0.2) is 73.2 Å². The fourth-order valence-corrected chi connectivity index (χ4v) is 3.12. The van der Waals surface area contributed by atoms with Crippen molar-refractivity contribution < 1.29 is 4.79 Å². The zero-order chi connectivity index (χ0) is 18.9. The van der Waals surface area contributed by atoms with Crippen LogP contribution in [0.25, 0.3) is 16.6 Å². The van der Waals surface area contributed by atoms with Gasteiger partial charge in [0.1, 0.15) is 0 Å². The Labute approximate surface area is 159 Å². The maximum atomic E-state index is 12.4. The van der Waals surface area contributed by atoms with Crippen LogP contribution < -0.4 is 5.32 Å². The number of carbonyl (C=O) groups excluding carboxylic acids is 1. The van der Waals surface area contributed by atoms with E-state index in [2.05, 4.69) is 49.7 Å². The Morgan fingerprint density at radius 2 is 1.86 bits per heavy atom. The van der Waals surface area contributed by atoms with E-state index in [4.69, 9.17) is 0 Å². The van der Waals surface area contributed by atoms with Gasteiger partial charge in [0.05, 0.1) is 6.54 Å². The molecule has 0 fully saturated rings. The van der Waals surface area contributed by atoms with Crippen LogP contribution in [0.2, 0.25) is 0 Å². The van der Waals surface area contributed by atoms with Gasteiger partial charge in [0.2, 0.25) is 5.82 Å². The normalized spacial score (nSPS) is 11.1. The molecule has 8 nitrogen and oxygen atoms in total. The molecule has 0 radical (unpaired) electrons. The predicted octanol–water partition coefficient (Wildman–Crippen LogP) is 2.77. The molecule has 1 N–H and O–H groups in total. The largest absolute Gasteiger partial charge is 0.302 e. The van der Waals surface area contributed by atoms with Crippen molar-refractivity contribution in [3.8, 4) is 0 Å². The molecule has 0 aliphatic heterocycles. The SMILES string of the molecule is O=C(Nc1ccn(Cc2cccc3ccccc23)n1)c1nc2ncccn2n1. The van der Waals surface area contributed by atoms with E-state index in [1.165, 1.54) is 15.3 Å². The maximum absolute atomic E-state index is 12.4. The molecule has 0 aliphatic carbocycles. The van der Waals surface area contributed by atoms with Crippen molar-refractivity contribution >= 4 is 28.3 Å². The Kier molecular flexibility index (Phi) is 3.79. The number of nitrogens with zero attached hydrogens (tertiary/aromatic N) is 6. The third-order valence-electron chi connectivity index (χ3n) is 4.41. The van der Waals surface area contributed by atoms with Crippen LogP contribution in [0.4, 0.5) is 5.82 Å². The predicted molar refractivity (Wildman–Crippen MR) is 104 cm³/mol. The van der Waals surface area contributed by atoms with Crippen LogP contribution in [-0.2, 0) is 6.54 Å². The first-order valence-electron chi connectivity index (χ1n) is 8.75. The standard InChI is InChI=1S/C20H15N7O/c28-19(18-23-20-21-10-4-11-27(20)25-18)22-17-9-12-26(24-17)13-15-7-3-6-14-5-1-2-8-16(14)15/h1-12H,13H2,(H,22,24,28). The highest BCUT2D eigenvalue weighted by molar-refractivity contribution is 6.01. The van der Waals surface area contributed by atoms with Crippen molar-refractivity contribution in [2.24, 2.45) is 0 Å². The first-order chi connectivity index (χ1) is 13.8. The summed E-state index contributed by atoms with van der Waals surface area (Å²) in [5.41, 5.74) is 1.16. The highest BCUT2D eigenvalue weighted by atomic mass is 16.2. The van der Waals surface area contributed by atoms with E-state index < -0.39 is 5.91 Å². The molecule has 8 heteroatoms. The van der Waals surface area contributed by atoms with Gasteiger partial charge >= 0.3 is 0 Å². The summed E-state index contributed by atoms with van der Waals surface area (Å²) in [5, 5.41) is 13.7. The van der Waals surface area contributed by atoms with Crippen LogP contribution >= 0.6 is 0 Å².